The molecule has 0 spiro atoms. The lowest BCUT2D eigenvalue weighted by Gasteiger charge is -2.39. The van der Waals surface area contributed by atoms with E-state index in [0.29, 0.717) is 23.6 Å². The first-order valence-electron chi connectivity index (χ1n) is 14.6. The maximum Gasteiger partial charge on any atom is 0.306 e. The van der Waals surface area contributed by atoms with Crippen molar-refractivity contribution in [3.63, 3.8) is 0 Å². The first-order chi connectivity index (χ1) is 18.8. The van der Waals surface area contributed by atoms with Crippen LogP contribution in [-0.2, 0) is 21.5 Å². The average Bonchev–Trinajstić information content (AvgIpc) is 2.92. The summed E-state index contributed by atoms with van der Waals surface area (Å²) in [7, 11) is -3.55. The van der Waals surface area contributed by atoms with E-state index in [2.05, 4.69) is 28.9 Å². The van der Waals surface area contributed by atoms with E-state index >= 15 is 0 Å². The number of benzene rings is 2. The Bertz CT molecular complexity index is 1140. The van der Waals surface area contributed by atoms with E-state index in [1.54, 1.807) is 24.3 Å². The molecule has 2 fully saturated rings. The molecule has 4 rings (SSSR count). The molecule has 2 aromatic rings. The Hall–Kier alpha value is -2.58. The fourth-order valence-corrected chi connectivity index (χ4v) is 6.24. The van der Waals surface area contributed by atoms with Crippen LogP contribution in [0.1, 0.15) is 76.7 Å². The maximum absolute atomic E-state index is 13.3. The summed E-state index contributed by atoms with van der Waals surface area (Å²) in [6, 6.07) is 15.0. The third-order valence-corrected chi connectivity index (χ3v) is 8.39. The van der Waals surface area contributed by atoms with Gasteiger partial charge in [0.2, 0.25) is 5.91 Å². The van der Waals surface area contributed by atoms with Gasteiger partial charge in [0, 0.05) is 38.6 Å². The van der Waals surface area contributed by atoms with E-state index in [1.165, 1.54) is 37.7 Å². The number of rotatable bonds is 12. The molecular formula is C31H44N2O5S. The summed E-state index contributed by atoms with van der Waals surface area (Å²) in [6.07, 6.45) is 12.4. The van der Waals surface area contributed by atoms with Crippen molar-refractivity contribution in [3.8, 4) is 17.2 Å². The average molecular weight is 557 g/mol. The van der Waals surface area contributed by atoms with Crippen LogP contribution in [-0.4, -0.2) is 56.1 Å². The molecule has 1 heterocycles. The first kappa shape index (κ1) is 29.4. The second-order valence-electron chi connectivity index (χ2n) is 11.2. The number of hydrogen-bond acceptors (Lipinski definition) is 6. The molecule has 39 heavy (non-hydrogen) atoms. The summed E-state index contributed by atoms with van der Waals surface area (Å²) < 4.78 is 33.3. The predicted octanol–water partition coefficient (Wildman–Crippen LogP) is 6.38. The summed E-state index contributed by atoms with van der Waals surface area (Å²) in [5, 5.41) is 0. The molecule has 0 unspecified atom stereocenters. The Morgan fingerprint density at radius 1 is 0.897 bits per heavy atom. The van der Waals surface area contributed by atoms with Gasteiger partial charge in [0.05, 0.1) is 6.26 Å². The van der Waals surface area contributed by atoms with Crippen LogP contribution in [0.25, 0.3) is 0 Å². The standard InChI is InChI=1S/C31H44N2O5S/c1-3-4-20-33(31(34)23-25-8-6-5-7-9-25)27-18-21-32(22-19-27)24-26-10-12-28(13-11-26)37-29-14-16-30(17-15-29)38-39(2,35)36/h10-17,25,27H,3-9,18-24H2,1-2H3. The van der Waals surface area contributed by atoms with Crippen molar-refractivity contribution in [3.05, 3.63) is 54.1 Å². The zero-order chi connectivity index (χ0) is 27.7. The van der Waals surface area contributed by atoms with Crippen LogP contribution in [0.3, 0.4) is 0 Å². The maximum atomic E-state index is 13.3. The number of likely N-dealkylation sites (tertiary alicyclic amines) is 1. The SMILES string of the molecule is CCCCN(C(=O)CC1CCCCC1)C1CCN(Cc2ccc(Oc3ccc(OS(C)(=O)=O)cc3)cc2)CC1. The molecule has 0 bridgehead atoms. The molecule has 0 radical (unpaired) electrons. The van der Waals surface area contributed by atoms with Crippen LogP contribution in [0.2, 0.25) is 0 Å². The molecule has 0 N–H and O–H groups in total. The van der Waals surface area contributed by atoms with Crippen LogP contribution in [0, 0.1) is 5.92 Å². The van der Waals surface area contributed by atoms with Gasteiger partial charge in [-0.15, -0.1) is 0 Å². The second kappa shape index (κ2) is 14.2. The Labute approximate surface area is 234 Å². The van der Waals surface area contributed by atoms with Gasteiger partial charge in [-0.3, -0.25) is 9.69 Å². The molecule has 1 saturated heterocycles. The largest absolute Gasteiger partial charge is 0.457 e. The van der Waals surface area contributed by atoms with Gasteiger partial charge in [-0.1, -0.05) is 44.7 Å². The van der Waals surface area contributed by atoms with Crippen LogP contribution in [0.15, 0.2) is 48.5 Å². The quantitative estimate of drug-likeness (QED) is 0.282. The van der Waals surface area contributed by atoms with Crippen molar-refractivity contribution in [2.45, 2.75) is 83.7 Å². The second-order valence-corrected chi connectivity index (χ2v) is 12.7. The van der Waals surface area contributed by atoms with E-state index in [-0.39, 0.29) is 5.75 Å². The molecule has 0 aromatic heterocycles. The number of carbonyl (C=O) groups excluding carboxylic acids is 1. The normalized spacial score (nSPS) is 17.6. The van der Waals surface area contributed by atoms with Crippen molar-refractivity contribution in [2.75, 3.05) is 25.9 Å². The number of piperidine rings is 1. The van der Waals surface area contributed by atoms with Gasteiger partial charge in [0.25, 0.3) is 0 Å². The molecule has 1 aliphatic heterocycles. The minimum atomic E-state index is -3.55. The fraction of sp³-hybridized carbons (Fsp3) is 0.581. The summed E-state index contributed by atoms with van der Waals surface area (Å²) in [6.45, 7) is 6.00. The molecule has 1 aliphatic carbocycles. The third-order valence-electron chi connectivity index (χ3n) is 7.90. The number of ether oxygens (including phenoxy) is 1. The highest BCUT2D eigenvalue weighted by Gasteiger charge is 2.29. The van der Waals surface area contributed by atoms with Gasteiger partial charge in [-0.2, -0.15) is 8.42 Å². The highest BCUT2D eigenvalue weighted by atomic mass is 32.2. The van der Waals surface area contributed by atoms with E-state index in [4.69, 9.17) is 8.92 Å². The van der Waals surface area contributed by atoms with Crippen molar-refractivity contribution in [2.24, 2.45) is 5.92 Å². The lowest BCUT2D eigenvalue weighted by Crippen LogP contribution is -2.48. The number of unbranched alkanes of at least 4 members (excludes halogenated alkanes) is 1. The minimum absolute atomic E-state index is 0.256. The Morgan fingerprint density at radius 2 is 1.49 bits per heavy atom. The van der Waals surface area contributed by atoms with Crippen LogP contribution in [0.4, 0.5) is 0 Å². The predicted molar refractivity (Wildman–Crippen MR) is 155 cm³/mol. The zero-order valence-electron chi connectivity index (χ0n) is 23.5. The third kappa shape index (κ3) is 9.53. The molecule has 0 atom stereocenters. The van der Waals surface area contributed by atoms with Crippen LogP contribution < -0.4 is 8.92 Å². The van der Waals surface area contributed by atoms with E-state index < -0.39 is 10.1 Å². The topological polar surface area (TPSA) is 76.2 Å². The number of amides is 1. The highest BCUT2D eigenvalue weighted by Crippen LogP contribution is 2.29. The van der Waals surface area contributed by atoms with Gasteiger partial charge < -0.3 is 13.8 Å². The van der Waals surface area contributed by atoms with Crippen LogP contribution in [0.5, 0.6) is 17.2 Å². The van der Waals surface area contributed by atoms with E-state index in [9.17, 15) is 13.2 Å². The molecule has 1 saturated carbocycles. The van der Waals surface area contributed by atoms with Crippen molar-refractivity contribution >= 4 is 16.0 Å². The smallest absolute Gasteiger partial charge is 0.306 e. The number of nitrogens with zero attached hydrogens (tertiary/aromatic N) is 2. The summed E-state index contributed by atoms with van der Waals surface area (Å²) in [5.41, 5.74) is 1.23. The first-order valence-corrected chi connectivity index (χ1v) is 16.4. The molecular weight excluding hydrogens is 512 g/mol. The summed E-state index contributed by atoms with van der Waals surface area (Å²) >= 11 is 0. The van der Waals surface area contributed by atoms with Crippen molar-refractivity contribution in [1.29, 1.82) is 0 Å². The minimum Gasteiger partial charge on any atom is -0.457 e. The number of carbonyl (C=O) groups is 1. The van der Waals surface area contributed by atoms with Crippen LogP contribution >= 0.6 is 0 Å². The number of hydrogen-bond donors (Lipinski definition) is 0. The van der Waals surface area contributed by atoms with E-state index in [1.807, 2.05) is 12.1 Å². The van der Waals surface area contributed by atoms with Gasteiger partial charge in [-0.25, -0.2) is 0 Å². The summed E-state index contributed by atoms with van der Waals surface area (Å²) in [4.78, 5) is 18.0. The highest BCUT2D eigenvalue weighted by molar-refractivity contribution is 7.86. The summed E-state index contributed by atoms with van der Waals surface area (Å²) in [5.74, 6) is 2.57. The molecule has 214 valence electrons. The Morgan fingerprint density at radius 3 is 2.08 bits per heavy atom. The molecule has 8 heteroatoms. The van der Waals surface area contributed by atoms with E-state index in [0.717, 1.165) is 70.3 Å². The molecule has 2 aliphatic rings. The Kier molecular flexibility index (Phi) is 10.7. The lowest BCUT2D eigenvalue weighted by atomic mass is 9.86. The zero-order valence-corrected chi connectivity index (χ0v) is 24.3. The molecule has 1 amide bonds. The van der Waals surface area contributed by atoms with Gasteiger partial charge in [-0.05, 0) is 80.0 Å². The van der Waals surface area contributed by atoms with Crippen molar-refractivity contribution < 1.29 is 22.1 Å². The Balaban J connectivity index is 1.25. The van der Waals surface area contributed by atoms with Gasteiger partial charge in [0.15, 0.2) is 0 Å². The van der Waals surface area contributed by atoms with Gasteiger partial charge in [0.1, 0.15) is 17.2 Å². The fourth-order valence-electron chi connectivity index (χ4n) is 5.78. The van der Waals surface area contributed by atoms with Crippen molar-refractivity contribution in [1.82, 2.24) is 9.80 Å². The molecule has 7 nitrogen and oxygen atoms in total. The molecule has 2 aromatic carbocycles. The van der Waals surface area contributed by atoms with Gasteiger partial charge >= 0.3 is 10.1 Å². The lowest BCUT2D eigenvalue weighted by molar-refractivity contribution is -0.136. The monoisotopic (exact) mass is 556 g/mol.